The summed E-state index contributed by atoms with van der Waals surface area (Å²) in [6.07, 6.45) is 4.93. The van der Waals surface area contributed by atoms with Gasteiger partial charge in [0.25, 0.3) is 0 Å². The molecule has 0 radical (unpaired) electrons. The van der Waals surface area contributed by atoms with E-state index in [1.807, 2.05) is 18.2 Å². The Morgan fingerprint density at radius 1 is 1.38 bits per heavy atom. The van der Waals surface area contributed by atoms with Gasteiger partial charge >= 0.3 is 0 Å². The Bertz CT molecular complexity index is 684. The number of halogens is 1. The lowest BCUT2D eigenvalue weighted by Crippen LogP contribution is -2.40. The molecule has 128 valence electrons. The SMILES string of the molecule is COc1ccc(Cl)c(NC(=S)N(Cc2cccs2)C2CCCC2)c1. The molecule has 0 unspecified atom stereocenters. The molecule has 1 heterocycles. The Kier molecular flexibility index (Phi) is 5.98. The smallest absolute Gasteiger partial charge is 0.174 e. The molecule has 1 N–H and O–H groups in total. The van der Waals surface area contributed by atoms with Crippen LogP contribution in [0.5, 0.6) is 5.75 Å². The van der Waals surface area contributed by atoms with Crippen molar-refractivity contribution in [1.29, 1.82) is 0 Å². The van der Waals surface area contributed by atoms with Gasteiger partial charge in [-0.25, -0.2) is 0 Å². The van der Waals surface area contributed by atoms with Crippen molar-refractivity contribution in [2.45, 2.75) is 38.3 Å². The molecule has 1 aromatic heterocycles. The molecule has 1 aromatic carbocycles. The summed E-state index contributed by atoms with van der Waals surface area (Å²) < 4.78 is 5.28. The largest absolute Gasteiger partial charge is 0.497 e. The van der Waals surface area contributed by atoms with Crippen LogP contribution < -0.4 is 10.1 Å². The minimum absolute atomic E-state index is 0.497. The van der Waals surface area contributed by atoms with Crippen molar-refractivity contribution in [3.63, 3.8) is 0 Å². The number of rotatable bonds is 5. The number of thiocarbonyl (C=S) groups is 1. The first-order valence-corrected chi connectivity index (χ1v) is 9.77. The number of nitrogens with one attached hydrogen (secondary N) is 1. The van der Waals surface area contributed by atoms with E-state index in [1.165, 1.54) is 30.6 Å². The molecule has 0 saturated heterocycles. The number of hydrogen-bond donors (Lipinski definition) is 1. The van der Waals surface area contributed by atoms with Crippen molar-refractivity contribution in [2.75, 3.05) is 12.4 Å². The van der Waals surface area contributed by atoms with Crippen molar-refractivity contribution in [3.05, 3.63) is 45.6 Å². The van der Waals surface area contributed by atoms with E-state index in [9.17, 15) is 0 Å². The number of benzene rings is 1. The molecule has 1 fully saturated rings. The average Bonchev–Trinajstić information content (AvgIpc) is 3.28. The van der Waals surface area contributed by atoms with Gasteiger partial charge in [0.1, 0.15) is 5.75 Å². The molecule has 0 amide bonds. The van der Waals surface area contributed by atoms with E-state index in [4.69, 9.17) is 28.6 Å². The zero-order chi connectivity index (χ0) is 16.9. The van der Waals surface area contributed by atoms with E-state index >= 15 is 0 Å². The summed E-state index contributed by atoms with van der Waals surface area (Å²) in [7, 11) is 1.65. The molecule has 3 nitrogen and oxygen atoms in total. The Morgan fingerprint density at radius 2 is 2.17 bits per heavy atom. The van der Waals surface area contributed by atoms with Crippen LogP contribution in [-0.4, -0.2) is 23.2 Å². The molecular weight excluding hydrogens is 360 g/mol. The van der Waals surface area contributed by atoms with E-state index in [1.54, 1.807) is 18.4 Å². The standard InChI is InChI=1S/C18H21ClN2OS2/c1-22-14-8-9-16(19)17(11-14)20-18(23)21(13-5-2-3-6-13)12-15-7-4-10-24-15/h4,7-11,13H,2-3,5-6,12H2,1H3,(H,20,23). The van der Waals surface area contributed by atoms with Gasteiger partial charge in [-0.3, -0.25) is 0 Å². The summed E-state index contributed by atoms with van der Waals surface area (Å²) in [6, 6.07) is 10.3. The van der Waals surface area contributed by atoms with E-state index in [0.717, 1.165) is 23.1 Å². The van der Waals surface area contributed by atoms with Crippen LogP contribution in [0, 0.1) is 0 Å². The Labute approximate surface area is 157 Å². The van der Waals surface area contributed by atoms with Gasteiger partial charge in [0.05, 0.1) is 24.4 Å². The number of nitrogens with zero attached hydrogens (tertiary/aromatic N) is 1. The topological polar surface area (TPSA) is 24.5 Å². The lowest BCUT2D eigenvalue weighted by molar-refractivity contribution is 0.314. The third kappa shape index (κ3) is 4.21. The highest BCUT2D eigenvalue weighted by Gasteiger charge is 2.25. The van der Waals surface area contributed by atoms with Crippen LogP contribution in [0.3, 0.4) is 0 Å². The second-order valence-corrected chi connectivity index (χ2v) is 7.75. The summed E-state index contributed by atoms with van der Waals surface area (Å²) >= 11 is 13.8. The first kappa shape index (κ1) is 17.5. The van der Waals surface area contributed by atoms with E-state index in [2.05, 4.69) is 27.7 Å². The predicted molar refractivity (Wildman–Crippen MR) is 106 cm³/mol. The van der Waals surface area contributed by atoms with Crippen molar-refractivity contribution in [1.82, 2.24) is 4.90 Å². The monoisotopic (exact) mass is 380 g/mol. The zero-order valence-corrected chi connectivity index (χ0v) is 16.0. The molecule has 0 spiro atoms. The highest BCUT2D eigenvalue weighted by molar-refractivity contribution is 7.80. The van der Waals surface area contributed by atoms with Crippen molar-refractivity contribution >= 4 is 46.0 Å². The van der Waals surface area contributed by atoms with Crippen LogP contribution >= 0.6 is 35.2 Å². The second kappa shape index (κ2) is 8.19. The fourth-order valence-electron chi connectivity index (χ4n) is 3.07. The van der Waals surface area contributed by atoms with Gasteiger partial charge in [0, 0.05) is 17.0 Å². The lowest BCUT2D eigenvalue weighted by Gasteiger charge is -2.31. The summed E-state index contributed by atoms with van der Waals surface area (Å²) in [6.45, 7) is 0.843. The molecule has 0 aliphatic heterocycles. The van der Waals surface area contributed by atoms with Gasteiger partial charge in [-0.15, -0.1) is 11.3 Å². The Hall–Kier alpha value is -1.30. The number of methoxy groups -OCH3 is 1. The highest BCUT2D eigenvalue weighted by atomic mass is 35.5. The molecule has 1 aliphatic rings. The zero-order valence-electron chi connectivity index (χ0n) is 13.6. The quantitative estimate of drug-likeness (QED) is 0.687. The van der Waals surface area contributed by atoms with Crippen LogP contribution in [0.2, 0.25) is 5.02 Å². The van der Waals surface area contributed by atoms with E-state index in [-0.39, 0.29) is 0 Å². The predicted octanol–water partition coefficient (Wildman–Crippen LogP) is 5.55. The van der Waals surface area contributed by atoms with Crippen LogP contribution in [0.15, 0.2) is 35.7 Å². The highest BCUT2D eigenvalue weighted by Crippen LogP contribution is 2.30. The van der Waals surface area contributed by atoms with Crippen LogP contribution in [0.4, 0.5) is 5.69 Å². The van der Waals surface area contributed by atoms with Crippen molar-refractivity contribution in [3.8, 4) is 5.75 Å². The molecule has 1 saturated carbocycles. The minimum atomic E-state index is 0.497. The molecule has 0 atom stereocenters. The third-order valence-electron chi connectivity index (χ3n) is 4.35. The lowest BCUT2D eigenvalue weighted by atomic mass is 10.2. The van der Waals surface area contributed by atoms with Gasteiger partial charge < -0.3 is 15.0 Å². The first-order valence-electron chi connectivity index (χ1n) is 8.11. The normalized spacial score (nSPS) is 14.6. The van der Waals surface area contributed by atoms with Gasteiger partial charge in [-0.05, 0) is 48.6 Å². The minimum Gasteiger partial charge on any atom is -0.497 e. The van der Waals surface area contributed by atoms with Crippen LogP contribution in [-0.2, 0) is 6.54 Å². The first-order chi connectivity index (χ1) is 11.7. The Morgan fingerprint density at radius 3 is 2.83 bits per heavy atom. The van der Waals surface area contributed by atoms with Crippen molar-refractivity contribution < 1.29 is 4.74 Å². The molecule has 3 rings (SSSR count). The summed E-state index contributed by atoms with van der Waals surface area (Å²) in [5, 5.41) is 6.80. The third-order valence-corrected chi connectivity index (χ3v) is 5.88. The molecular formula is C18H21ClN2OS2. The second-order valence-electron chi connectivity index (χ2n) is 5.92. The molecule has 2 aromatic rings. The molecule has 24 heavy (non-hydrogen) atoms. The maximum absolute atomic E-state index is 6.31. The van der Waals surface area contributed by atoms with Crippen LogP contribution in [0.25, 0.3) is 0 Å². The molecule has 6 heteroatoms. The number of thiophene rings is 1. The number of hydrogen-bond acceptors (Lipinski definition) is 3. The number of ether oxygens (including phenoxy) is 1. The molecule has 1 aliphatic carbocycles. The van der Waals surface area contributed by atoms with Crippen LogP contribution in [0.1, 0.15) is 30.6 Å². The fourth-order valence-corrected chi connectivity index (χ4v) is 4.26. The summed E-state index contributed by atoms with van der Waals surface area (Å²) in [4.78, 5) is 3.63. The maximum atomic E-state index is 6.31. The van der Waals surface area contributed by atoms with Gasteiger partial charge in [-0.1, -0.05) is 30.5 Å². The Balaban J connectivity index is 1.77. The molecule has 0 bridgehead atoms. The van der Waals surface area contributed by atoms with E-state index < -0.39 is 0 Å². The van der Waals surface area contributed by atoms with Crippen molar-refractivity contribution in [2.24, 2.45) is 0 Å². The van der Waals surface area contributed by atoms with E-state index in [0.29, 0.717) is 11.1 Å². The van der Waals surface area contributed by atoms with Gasteiger partial charge in [-0.2, -0.15) is 0 Å². The fraction of sp³-hybridized carbons (Fsp3) is 0.389. The summed E-state index contributed by atoms with van der Waals surface area (Å²) in [5.41, 5.74) is 0.787. The van der Waals surface area contributed by atoms with Gasteiger partial charge in [0.15, 0.2) is 5.11 Å². The summed E-state index contributed by atoms with van der Waals surface area (Å²) in [5.74, 6) is 0.760. The number of anilines is 1. The average molecular weight is 381 g/mol. The maximum Gasteiger partial charge on any atom is 0.174 e. The van der Waals surface area contributed by atoms with Gasteiger partial charge in [0.2, 0.25) is 0 Å².